The summed E-state index contributed by atoms with van der Waals surface area (Å²) in [5.74, 6) is 2.35. The van der Waals surface area contributed by atoms with Gasteiger partial charge in [-0.2, -0.15) is 0 Å². The molecule has 0 radical (unpaired) electrons. The Morgan fingerprint density at radius 1 is 1.21 bits per heavy atom. The van der Waals surface area contributed by atoms with Crippen molar-refractivity contribution >= 4 is 29.9 Å². The quantitative estimate of drug-likeness (QED) is 0.254. The molecule has 1 aromatic heterocycles. The van der Waals surface area contributed by atoms with Crippen molar-refractivity contribution < 1.29 is 4.74 Å². The molecule has 2 unspecified atom stereocenters. The Balaban J connectivity index is 0.00000385. The lowest BCUT2D eigenvalue weighted by atomic mass is 9.78. The van der Waals surface area contributed by atoms with Crippen molar-refractivity contribution in [2.24, 2.45) is 16.3 Å². The molecule has 0 spiro atoms. The number of ether oxygens (including phenoxy) is 1. The summed E-state index contributed by atoms with van der Waals surface area (Å²) in [6.07, 6.45) is 8.70. The summed E-state index contributed by atoms with van der Waals surface area (Å²) < 4.78 is 8.36. The first kappa shape index (κ1) is 27.6. The van der Waals surface area contributed by atoms with Gasteiger partial charge in [-0.3, -0.25) is 0 Å². The second-order valence-corrected chi connectivity index (χ2v) is 9.76. The van der Waals surface area contributed by atoms with Gasteiger partial charge in [0.1, 0.15) is 12.4 Å². The normalized spacial score (nSPS) is 19.1. The molecular weight excluding hydrogens is 525 g/mol. The molecule has 1 aromatic carbocycles. The van der Waals surface area contributed by atoms with Gasteiger partial charge in [-0.25, -0.2) is 9.98 Å². The van der Waals surface area contributed by atoms with E-state index in [4.69, 9.17) is 9.73 Å². The van der Waals surface area contributed by atoms with Crippen LogP contribution in [0.4, 0.5) is 0 Å². The molecule has 0 saturated carbocycles. The molecule has 0 amide bonds. The highest BCUT2D eigenvalue weighted by Crippen LogP contribution is 2.33. The van der Waals surface area contributed by atoms with Crippen molar-refractivity contribution in [3.63, 3.8) is 0 Å². The van der Waals surface area contributed by atoms with Crippen LogP contribution in [0.2, 0.25) is 0 Å². The monoisotopic (exact) mass is 567 g/mol. The Hall–Kier alpha value is -1.61. The highest BCUT2D eigenvalue weighted by Gasteiger charge is 2.35. The van der Waals surface area contributed by atoms with Gasteiger partial charge in [0.15, 0.2) is 5.96 Å². The van der Waals surface area contributed by atoms with Crippen LogP contribution in [0.25, 0.3) is 0 Å². The third-order valence-electron chi connectivity index (χ3n) is 6.06. The van der Waals surface area contributed by atoms with Gasteiger partial charge in [0.2, 0.25) is 0 Å². The van der Waals surface area contributed by atoms with E-state index in [2.05, 4.69) is 84.4 Å². The number of aromatic nitrogens is 2. The van der Waals surface area contributed by atoms with E-state index in [1.807, 2.05) is 6.20 Å². The van der Waals surface area contributed by atoms with Gasteiger partial charge in [-0.1, -0.05) is 51.1 Å². The van der Waals surface area contributed by atoms with Gasteiger partial charge >= 0.3 is 0 Å². The number of rotatable bonds is 9. The van der Waals surface area contributed by atoms with E-state index in [0.717, 1.165) is 57.3 Å². The molecule has 1 saturated heterocycles. The largest absolute Gasteiger partial charge is 0.377 e. The molecule has 2 heterocycles. The van der Waals surface area contributed by atoms with E-state index >= 15 is 0 Å². The zero-order chi connectivity index (χ0) is 22.8. The molecule has 184 valence electrons. The number of aliphatic imine (C=N–C) groups is 1. The lowest BCUT2D eigenvalue weighted by Gasteiger charge is -2.40. The van der Waals surface area contributed by atoms with Crippen LogP contribution in [0.1, 0.15) is 58.3 Å². The van der Waals surface area contributed by atoms with Gasteiger partial charge in [0.25, 0.3) is 0 Å². The molecule has 2 atom stereocenters. The number of nitrogens with one attached hydrogen (secondary N) is 2. The Morgan fingerprint density at radius 3 is 2.73 bits per heavy atom. The Kier molecular flexibility index (Phi) is 11.7. The average molecular weight is 568 g/mol. The molecule has 2 aromatic rings. The van der Waals surface area contributed by atoms with Crippen LogP contribution in [0.5, 0.6) is 0 Å². The number of halogens is 1. The van der Waals surface area contributed by atoms with Crippen LogP contribution in [-0.2, 0) is 24.2 Å². The van der Waals surface area contributed by atoms with Gasteiger partial charge in [0, 0.05) is 44.6 Å². The number of nitrogens with zero attached hydrogens (tertiary/aromatic N) is 3. The molecular formula is C26H42IN5O. The first-order valence-corrected chi connectivity index (χ1v) is 12.1. The van der Waals surface area contributed by atoms with Crippen LogP contribution >= 0.6 is 24.0 Å². The second kappa shape index (κ2) is 13.9. The van der Waals surface area contributed by atoms with E-state index in [1.165, 1.54) is 12.0 Å². The molecule has 0 bridgehead atoms. The maximum absolute atomic E-state index is 6.14. The minimum atomic E-state index is 0. The van der Waals surface area contributed by atoms with Crippen molar-refractivity contribution in [2.75, 3.05) is 19.7 Å². The van der Waals surface area contributed by atoms with Crippen molar-refractivity contribution in [1.82, 2.24) is 20.2 Å². The first-order chi connectivity index (χ1) is 15.5. The summed E-state index contributed by atoms with van der Waals surface area (Å²) in [4.78, 5) is 9.37. The smallest absolute Gasteiger partial charge is 0.191 e. The standard InChI is InChI=1S/C26H41N5O.HI/c1-5-27-25(29-19-22-14-10-18-32-24(22)26(2,3)4)30-20-23-28-15-17-31(23)16-9-13-21-11-7-6-8-12-21;/h6-8,11-12,15,17,22,24H,5,9-10,13-14,16,18-20H2,1-4H3,(H2,27,29,30);1H. The van der Waals surface area contributed by atoms with Crippen LogP contribution in [-0.4, -0.2) is 41.3 Å². The number of hydrogen-bond acceptors (Lipinski definition) is 3. The van der Waals surface area contributed by atoms with Crippen LogP contribution in [0, 0.1) is 11.3 Å². The third-order valence-corrected chi connectivity index (χ3v) is 6.06. The summed E-state index contributed by atoms with van der Waals surface area (Å²) in [6.45, 7) is 13.0. The lowest BCUT2D eigenvalue weighted by molar-refractivity contribution is -0.0835. The third kappa shape index (κ3) is 8.92. The predicted octanol–water partition coefficient (Wildman–Crippen LogP) is 5.03. The molecule has 2 N–H and O–H groups in total. The minimum absolute atomic E-state index is 0. The zero-order valence-electron chi connectivity index (χ0n) is 20.7. The van der Waals surface area contributed by atoms with E-state index in [9.17, 15) is 0 Å². The molecule has 1 aliphatic rings. The van der Waals surface area contributed by atoms with E-state index in [0.29, 0.717) is 12.5 Å². The van der Waals surface area contributed by atoms with Crippen molar-refractivity contribution in [3.05, 3.63) is 54.1 Å². The van der Waals surface area contributed by atoms with E-state index in [-0.39, 0.29) is 35.5 Å². The van der Waals surface area contributed by atoms with Gasteiger partial charge in [-0.15, -0.1) is 24.0 Å². The predicted molar refractivity (Wildman–Crippen MR) is 147 cm³/mol. The average Bonchev–Trinajstić information content (AvgIpc) is 3.23. The highest BCUT2D eigenvalue weighted by atomic mass is 127. The molecule has 6 nitrogen and oxygen atoms in total. The maximum Gasteiger partial charge on any atom is 0.191 e. The van der Waals surface area contributed by atoms with E-state index in [1.54, 1.807) is 0 Å². The topological polar surface area (TPSA) is 63.5 Å². The zero-order valence-corrected chi connectivity index (χ0v) is 23.0. The van der Waals surface area contributed by atoms with Gasteiger partial charge < -0.3 is 19.9 Å². The fraction of sp³-hybridized carbons (Fsp3) is 0.615. The number of guanidine groups is 1. The van der Waals surface area contributed by atoms with Crippen LogP contribution < -0.4 is 10.6 Å². The molecule has 33 heavy (non-hydrogen) atoms. The fourth-order valence-corrected chi connectivity index (χ4v) is 4.52. The number of hydrogen-bond donors (Lipinski definition) is 2. The Labute approximate surface area is 217 Å². The summed E-state index contributed by atoms with van der Waals surface area (Å²) in [5, 5.41) is 6.94. The number of imidazole rings is 1. The molecule has 0 aliphatic carbocycles. The summed E-state index contributed by atoms with van der Waals surface area (Å²) in [7, 11) is 0. The molecule has 1 aliphatic heterocycles. The molecule has 3 rings (SSSR count). The molecule has 1 fully saturated rings. The highest BCUT2D eigenvalue weighted by molar-refractivity contribution is 14.0. The second-order valence-electron chi connectivity index (χ2n) is 9.76. The van der Waals surface area contributed by atoms with Crippen molar-refractivity contribution in [1.29, 1.82) is 0 Å². The Bertz CT molecular complexity index is 831. The van der Waals surface area contributed by atoms with E-state index < -0.39 is 0 Å². The summed E-state index contributed by atoms with van der Waals surface area (Å²) in [5.41, 5.74) is 1.53. The summed E-state index contributed by atoms with van der Waals surface area (Å²) >= 11 is 0. The SMILES string of the molecule is CCNC(=NCc1nccn1CCCc1ccccc1)NCC1CCCOC1C(C)(C)C.I. The number of benzene rings is 1. The van der Waals surface area contributed by atoms with Crippen LogP contribution in [0.15, 0.2) is 47.7 Å². The maximum atomic E-state index is 6.14. The van der Waals surface area contributed by atoms with Crippen LogP contribution in [0.3, 0.4) is 0 Å². The lowest BCUT2D eigenvalue weighted by Crippen LogP contribution is -2.47. The van der Waals surface area contributed by atoms with Crippen molar-refractivity contribution in [3.8, 4) is 0 Å². The number of aryl methyl sites for hydroxylation is 2. The minimum Gasteiger partial charge on any atom is -0.377 e. The Morgan fingerprint density at radius 2 is 2.00 bits per heavy atom. The molecule has 7 heteroatoms. The fourth-order valence-electron chi connectivity index (χ4n) is 4.52. The summed E-state index contributed by atoms with van der Waals surface area (Å²) in [6, 6.07) is 10.6. The van der Waals surface area contributed by atoms with Crippen molar-refractivity contribution in [2.45, 2.75) is 72.6 Å². The van der Waals surface area contributed by atoms with Gasteiger partial charge in [0.05, 0.1) is 6.10 Å². The first-order valence-electron chi connectivity index (χ1n) is 12.1. The van der Waals surface area contributed by atoms with Gasteiger partial charge in [-0.05, 0) is 43.6 Å².